The van der Waals surface area contributed by atoms with Crippen LogP contribution in [0.4, 0.5) is 0 Å². The van der Waals surface area contributed by atoms with Crippen LogP contribution in [0.2, 0.25) is 0 Å². The van der Waals surface area contributed by atoms with Gasteiger partial charge in [-0.25, -0.2) is 0 Å². The highest BCUT2D eigenvalue weighted by Crippen LogP contribution is 2.12. The molecule has 0 heterocycles. The van der Waals surface area contributed by atoms with Crippen LogP contribution < -0.4 is 0 Å². The van der Waals surface area contributed by atoms with Gasteiger partial charge >= 0.3 is 17.9 Å². The highest BCUT2D eigenvalue weighted by Gasteiger charge is 2.19. The van der Waals surface area contributed by atoms with Gasteiger partial charge in [-0.1, -0.05) is 181 Å². The molecule has 6 nitrogen and oxygen atoms in total. The van der Waals surface area contributed by atoms with Crippen molar-refractivity contribution in [3.05, 3.63) is 122 Å². The van der Waals surface area contributed by atoms with Crippen LogP contribution in [-0.4, -0.2) is 37.2 Å². The largest absolute Gasteiger partial charge is 0.462 e. The number of carbonyl (C=O) groups excluding carboxylic acids is 3. The zero-order valence-corrected chi connectivity index (χ0v) is 40.3. The van der Waals surface area contributed by atoms with E-state index >= 15 is 0 Å². The number of ether oxygens (including phenoxy) is 3. The molecule has 0 aliphatic rings. The minimum Gasteiger partial charge on any atom is -0.462 e. The van der Waals surface area contributed by atoms with Crippen molar-refractivity contribution < 1.29 is 28.6 Å². The van der Waals surface area contributed by atoms with Crippen LogP contribution in [0.1, 0.15) is 201 Å². The summed E-state index contributed by atoms with van der Waals surface area (Å²) in [6.07, 6.45) is 69.0. The zero-order valence-electron chi connectivity index (χ0n) is 40.3. The standard InChI is InChI=1S/C57H90O6/c1-4-7-10-13-16-19-22-25-27-29-31-32-35-38-41-44-47-50-56(59)62-53-54(52-61-55(58)49-46-43-40-37-34-24-21-18-15-12-9-6-3)63-57(60)51-48-45-42-39-36-33-30-28-26-23-20-17-14-11-8-5-2/h7-8,10-11,16-21,25-28,31-33,36,38,41,54H,4-6,9,12-15,22-24,29-30,34-35,37,39-40,42-53H2,1-3H3/b10-7-,11-8-,19-16-,20-17-,21-18-,27-25-,28-26-,32-31-,36-33-,41-38-. The molecule has 0 spiro atoms. The second-order valence-corrected chi connectivity index (χ2v) is 16.0. The monoisotopic (exact) mass is 871 g/mol. The van der Waals surface area contributed by atoms with Gasteiger partial charge in [-0.05, 0) is 122 Å². The summed E-state index contributed by atoms with van der Waals surface area (Å²) in [4.78, 5) is 37.9. The fourth-order valence-corrected chi connectivity index (χ4v) is 6.23. The Hall–Kier alpha value is -4.19. The molecule has 0 aromatic heterocycles. The summed E-state index contributed by atoms with van der Waals surface area (Å²) < 4.78 is 16.7. The van der Waals surface area contributed by atoms with Crippen LogP contribution in [0.3, 0.4) is 0 Å². The molecule has 0 rings (SSSR count). The fraction of sp³-hybridized carbons (Fsp3) is 0.596. The molecular formula is C57H90O6. The molecule has 0 aliphatic heterocycles. The average molecular weight is 871 g/mol. The molecule has 354 valence electrons. The van der Waals surface area contributed by atoms with E-state index in [9.17, 15) is 14.4 Å². The Kier molecular flexibility index (Phi) is 47.1. The summed E-state index contributed by atoms with van der Waals surface area (Å²) in [5.74, 6) is -1.03. The lowest BCUT2D eigenvalue weighted by atomic mass is 10.1. The Morgan fingerprint density at radius 2 is 0.635 bits per heavy atom. The number of esters is 3. The van der Waals surface area contributed by atoms with Crippen molar-refractivity contribution in [2.24, 2.45) is 0 Å². The third-order valence-corrected chi connectivity index (χ3v) is 9.93. The summed E-state index contributed by atoms with van der Waals surface area (Å²) in [5.41, 5.74) is 0. The predicted molar refractivity (Wildman–Crippen MR) is 269 cm³/mol. The van der Waals surface area contributed by atoms with Crippen LogP contribution in [0.25, 0.3) is 0 Å². The predicted octanol–water partition coefficient (Wildman–Crippen LogP) is 16.5. The molecule has 63 heavy (non-hydrogen) atoms. The van der Waals surface area contributed by atoms with Gasteiger partial charge in [0.15, 0.2) is 6.10 Å². The van der Waals surface area contributed by atoms with Crippen LogP contribution in [-0.2, 0) is 28.6 Å². The van der Waals surface area contributed by atoms with E-state index in [0.717, 1.165) is 116 Å². The Morgan fingerprint density at radius 1 is 0.333 bits per heavy atom. The molecule has 1 atom stereocenters. The Balaban J connectivity index is 4.57. The molecular weight excluding hydrogens is 781 g/mol. The summed E-state index contributed by atoms with van der Waals surface area (Å²) in [6, 6.07) is 0. The lowest BCUT2D eigenvalue weighted by Gasteiger charge is -2.18. The van der Waals surface area contributed by atoms with Crippen molar-refractivity contribution in [1.29, 1.82) is 0 Å². The zero-order chi connectivity index (χ0) is 45.8. The SMILES string of the molecule is CC/C=C\C/C=C\C/C=C\C/C=C\C/C=C\CCCC(=O)OCC(COC(=O)CCCCCCC/C=C\CCCCC)OC(=O)CCCCC/C=C\C/C=C\C/C=C\C/C=C\CC. The summed E-state index contributed by atoms with van der Waals surface area (Å²) in [7, 11) is 0. The van der Waals surface area contributed by atoms with Gasteiger partial charge in [-0.2, -0.15) is 0 Å². The van der Waals surface area contributed by atoms with E-state index in [0.29, 0.717) is 19.3 Å². The van der Waals surface area contributed by atoms with Gasteiger partial charge in [0.05, 0.1) is 0 Å². The van der Waals surface area contributed by atoms with Gasteiger partial charge in [-0.3, -0.25) is 14.4 Å². The molecule has 0 saturated carbocycles. The van der Waals surface area contributed by atoms with Gasteiger partial charge in [0, 0.05) is 19.3 Å². The molecule has 0 fully saturated rings. The first-order valence-corrected chi connectivity index (χ1v) is 25.0. The van der Waals surface area contributed by atoms with Crippen LogP contribution in [0.15, 0.2) is 122 Å². The first-order chi connectivity index (χ1) is 31.0. The first-order valence-electron chi connectivity index (χ1n) is 25.0. The van der Waals surface area contributed by atoms with Gasteiger partial charge in [0.1, 0.15) is 13.2 Å². The van der Waals surface area contributed by atoms with Crippen molar-refractivity contribution in [2.45, 2.75) is 207 Å². The molecule has 0 aromatic carbocycles. The third kappa shape index (κ3) is 48.7. The van der Waals surface area contributed by atoms with E-state index in [-0.39, 0.29) is 44.0 Å². The maximum Gasteiger partial charge on any atom is 0.306 e. The maximum atomic E-state index is 12.8. The van der Waals surface area contributed by atoms with Crippen LogP contribution in [0, 0.1) is 0 Å². The molecule has 6 heteroatoms. The molecule has 0 N–H and O–H groups in total. The molecule has 0 bridgehead atoms. The van der Waals surface area contributed by atoms with Crippen molar-refractivity contribution in [3.8, 4) is 0 Å². The van der Waals surface area contributed by atoms with Gasteiger partial charge in [-0.15, -0.1) is 0 Å². The fourth-order valence-electron chi connectivity index (χ4n) is 6.23. The quantitative estimate of drug-likeness (QED) is 0.0263. The third-order valence-electron chi connectivity index (χ3n) is 9.93. The van der Waals surface area contributed by atoms with Gasteiger partial charge < -0.3 is 14.2 Å². The molecule has 0 aliphatic carbocycles. The maximum absolute atomic E-state index is 12.8. The second-order valence-electron chi connectivity index (χ2n) is 16.0. The number of hydrogen-bond donors (Lipinski definition) is 0. The lowest BCUT2D eigenvalue weighted by molar-refractivity contribution is -0.167. The Bertz CT molecular complexity index is 1370. The number of carbonyl (C=O) groups is 3. The van der Waals surface area contributed by atoms with E-state index in [4.69, 9.17) is 14.2 Å². The normalized spacial score (nSPS) is 13.1. The molecule has 0 amide bonds. The number of rotatable bonds is 43. The first kappa shape index (κ1) is 58.8. The van der Waals surface area contributed by atoms with Crippen LogP contribution >= 0.6 is 0 Å². The summed E-state index contributed by atoms with van der Waals surface area (Å²) in [5, 5.41) is 0. The van der Waals surface area contributed by atoms with E-state index in [1.165, 1.54) is 32.1 Å². The van der Waals surface area contributed by atoms with E-state index < -0.39 is 6.10 Å². The summed E-state index contributed by atoms with van der Waals surface area (Å²) in [6.45, 7) is 6.28. The van der Waals surface area contributed by atoms with Gasteiger partial charge in [0.2, 0.25) is 0 Å². The lowest BCUT2D eigenvalue weighted by Crippen LogP contribution is -2.30. The summed E-state index contributed by atoms with van der Waals surface area (Å²) >= 11 is 0. The highest BCUT2D eigenvalue weighted by molar-refractivity contribution is 5.71. The van der Waals surface area contributed by atoms with Crippen molar-refractivity contribution in [3.63, 3.8) is 0 Å². The highest BCUT2D eigenvalue weighted by atomic mass is 16.6. The Labute approximate surface area is 386 Å². The number of unbranched alkanes of at least 4 members (excludes halogenated alkanes) is 12. The van der Waals surface area contributed by atoms with E-state index in [1.807, 2.05) is 0 Å². The minimum absolute atomic E-state index is 0.117. The molecule has 0 saturated heterocycles. The number of allylic oxidation sites excluding steroid dienone is 20. The minimum atomic E-state index is -0.823. The van der Waals surface area contributed by atoms with Crippen molar-refractivity contribution in [1.82, 2.24) is 0 Å². The Morgan fingerprint density at radius 3 is 1.06 bits per heavy atom. The topological polar surface area (TPSA) is 78.9 Å². The number of hydrogen-bond acceptors (Lipinski definition) is 6. The molecule has 0 radical (unpaired) electrons. The molecule has 1 unspecified atom stereocenters. The molecule has 0 aromatic rings. The van der Waals surface area contributed by atoms with Crippen LogP contribution in [0.5, 0.6) is 0 Å². The van der Waals surface area contributed by atoms with Crippen molar-refractivity contribution in [2.75, 3.05) is 13.2 Å². The van der Waals surface area contributed by atoms with E-state index in [1.54, 1.807) is 0 Å². The van der Waals surface area contributed by atoms with Gasteiger partial charge in [0.25, 0.3) is 0 Å². The second kappa shape index (κ2) is 50.5. The van der Waals surface area contributed by atoms with Crippen molar-refractivity contribution >= 4 is 17.9 Å². The van der Waals surface area contributed by atoms with E-state index in [2.05, 4.69) is 142 Å². The average Bonchev–Trinajstić information content (AvgIpc) is 3.28. The smallest absolute Gasteiger partial charge is 0.306 e.